The molecule has 1 aromatic heterocycles. The van der Waals surface area contributed by atoms with Crippen LogP contribution in [-0.4, -0.2) is 90.7 Å². The third kappa shape index (κ3) is 9.47. The molecule has 2 saturated heterocycles. The topological polar surface area (TPSA) is 171 Å². The van der Waals surface area contributed by atoms with Gasteiger partial charge in [-0.25, -0.2) is 18.6 Å². The van der Waals surface area contributed by atoms with Gasteiger partial charge in [0.05, 0.1) is 36.2 Å². The maximum absolute atomic E-state index is 13.1. The van der Waals surface area contributed by atoms with Crippen LogP contribution in [0.1, 0.15) is 33.3 Å². The van der Waals surface area contributed by atoms with E-state index in [9.17, 15) is 19.1 Å². The summed E-state index contributed by atoms with van der Waals surface area (Å²) in [7, 11) is -4.76. The van der Waals surface area contributed by atoms with Gasteiger partial charge in [0, 0.05) is 48.1 Å². The van der Waals surface area contributed by atoms with Gasteiger partial charge in [-0.3, -0.25) is 4.52 Å². The molecular formula is C37H43Cl2N8O8P. The number of phosphoric acid groups is 1. The molecule has 3 atom stereocenters. The fraction of sp³-hybridized carbons (Fsp3) is 0.405. The van der Waals surface area contributed by atoms with Crippen molar-refractivity contribution in [3.63, 3.8) is 0 Å². The summed E-state index contributed by atoms with van der Waals surface area (Å²) in [5, 5.41) is 12.3. The second kappa shape index (κ2) is 15.9. The molecule has 298 valence electrons. The first-order chi connectivity index (χ1) is 26.5. The number of aromatic nitrogens is 6. The quantitative estimate of drug-likeness (QED) is 0.159. The molecule has 0 aliphatic carbocycles. The number of benzene rings is 3. The molecule has 2 fully saturated rings. The van der Waals surface area contributed by atoms with Crippen molar-refractivity contribution < 1.29 is 33.1 Å². The van der Waals surface area contributed by atoms with Gasteiger partial charge in [0.1, 0.15) is 24.8 Å². The van der Waals surface area contributed by atoms with E-state index in [0.717, 1.165) is 59.4 Å². The fourth-order valence-electron chi connectivity index (χ4n) is 6.42. The second-order valence-electron chi connectivity index (χ2n) is 14.9. The van der Waals surface area contributed by atoms with Crippen molar-refractivity contribution in [1.82, 2.24) is 29.3 Å². The Kier molecular flexibility index (Phi) is 11.4. The van der Waals surface area contributed by atoms with Gasteiger partial charge < -0.3 is 33.8 Å². The molecule has 4 aromatic rings. The van der Waals surface area contributed by atoms with Crippen molar-refractivity contribution in [2.45, 2.75) is 52.2 Å². The highest BCUT2D eigenvalue weighted by Gasteiger charge is 2.40. The van der Waals surface area contributed by atoms with Crippen LogP contribution in [0, 0.1) is 5.41 Å². The molecule has 0 spiro atoms. The van der Waals surface area contributed by atoms with Gasteiger partial charge in [-0.2, -0.15) is 9.78 Å². The van der Waals surface area contributed by atoms with Crippen LogP contribution in [0.5, 0.6) is 5.75 Å². The molecule has 16 nitrogen and oxygen atoms in total. The van der Waals surface area contributed by atoms with Gasteiger partial charge in [0.2, 0.25) is 0 Å². The molecule has 8 rings (SSSR count). The Labute approximate surface area is 333 Å². The highest BCUT2D eigenvalue weighted by Crippen LogP contribution is 2.42. The molecule has 0 radical (unpaired) electrons. The van der Waals surface area contributed by atoms with Crippen molar-refractivity contribution in [2.75, 3.05) is 49.2 Å². The van der Waals surface area contributed by atoms with E-state index in [2.05, 4.69) is 37.3 Å². The SMILES string of the molecule is CC1(c2ccc(Cl)cc2Cl)OCC(COc2ccc(N3CCN(c4ccc(-n5cnn(CC(OP(=O)(O)O)C(C)(C)C)c5=O)cc4)CC3)cc2)O1.c1c2nnn1-2. The number of nitrogens with zero attached hydrogens (tertiary/aromatic N) is 8. The molecular weight excluding hydrogens is 786 g/mol. The summed E-state index contributed by atoms with van der Waals surface area (Å²) in [6, 6.07) is 21.0. The number of fused-ring (bicyclic) bond motifs is 1. The van der Waals surface area contributed by atoms with Crippen molar-refractivity contribution in [3.8, 4) is 17.3 Å². The normalized spacial score (nSPS) is 19.8. The van der Waals surface area contributed by atoms with Gasteiger partial charge in [0.25, 0.3) is 0 Å². The maximum Gasteiger partial charge on any atom is 0.469 e. The number of anilines is 2. The van der Waals surface area contributed by atoms with E-state index in [-0.39, 0.29) is 12.6 Å². The number of hydrogen-bond donors (Lipinski definition) is 2. The first-order valence-corrected chi connectivity index (χ1v) is 20.2. The minimum absolute atomic E-state index is 0.106. The predicted molar refractivity (Wildman–Crippen MR) is 210 cm³/mol. The van der Waals surface area contributed by atoms with Gasteiger partial charge in [-0.1, -0.05) is 55.3 Å². The molecule has 3 aromatic carbocycles. The Hall–Kier alpha value is -4.25. The van der Waals surface area contributed by atoms with E-state index in [1.165, 1.54) is 10.9 Å². The summed E-state index contributed by atoms with van der Waals surface area (Å²) in [5.74, 6) is 0.789. The van der Waals surface area contributed by atoms with Gasteiger partial charge in [0.15, 0.2) is 11.6 Å². The molecule has 0 amide bonds. The minimum Gasteiger partial charge on any atom is -0.491 e. The average molecular weight is 830 g/mol. The fourth-order valence-corrected chi connectivity index (χ4v) is 7.71. The Balaban J connectivity index is 0.000000877. The van der Waals surface area contributed by atoms with E-state index in [4.69, 9.17) is 41.9 Å². The number of phosphoric ester groups is 1. The standard InChI is InChI=1S/C35H42Cl2N5O8P.C2HN3/c1-34(2,3)32(50-51(44,45)46)20-42-33(43)41(23-38-42)27-8-6-25(7-9-27)39-15-17-40(18-16-39)26-10-12-28(13-11-26)47-21-29-22-48-35(4,49-29)30-14-5-24(36)19-31(30)37;1-2-3-4-5(1)2/h5-14,19,23,29,32H,15-18,20-22H2,1-4H3,(H2,44,45,46);1H. The molecule has 2 N–H and O–H groups in total. The molecule has 4 aliphatic heterocycles. The van der Waals surface area contributed by atoms with E-state index >= 15 is 0 Å². The van der Waals surface area contributed by atoms with Crippen LogP contribution in [0.4, 0.5) is 11.4 Å². The number of ether oxygens (including phenoxy) is 3. The largest absolute Gasteiger partial charge is 0.491 e. The Morgan fingerprint density at radius 3 is 2.09 bits per heavy atom. The highest BCUT2D eigenvalue weighted by molar-refractivity contribution is 7.46. The lowest BCUT2D eigenvalue weighted by Gasteiger charge is -2.37. The van der Waals surface area contributed by atoms with Crippen molar-refractivity contribution in [2.24, 2.45) is 5.41 Å². The summed E-state index contributed by atoms with van der Waals surface area (Å²) in [6.45, 7) is 11.1. The Morgan fingerprint density at radius 2 is 1.57 bits per heavy atom. The molecule has 0 bridgehead atoms. The molecule has 3 unspecified atom stereocenters. The zero-order valence-electron chi connectivity index (χ0n) is 31.2. The number of rotatable bonds is 11. The van der Waals surface area contributed by atoms with Gasteiger partial charge >= 0.3 is 13.5 Å². The highest BCUT2D eigenvalue weighted by atomic mass is 35.5. The number of halogens is 2. The molecule has 19 heteroatoms. The predicted octanol–water partition coefficient (Wildman–Crippen LogP) is 5.44. The summed E-state index contributed by atoms with van der Waals surface area (Å²) in [5.41, 5.74) is 2.43. The smallest absolute Gasteiger partial charge is 0.469 e. The molecule has 4 aliphatic rings. The zero-order valence-corrected chi connectivity index (χ0v) is 33.6. The van der Waals surface area contributed by atoms with E-state index < -0.39 is 30.8 Å². The van der Waals surface area contributed by atoms with Crippen molar-refractivity contribution in [3.05, 3.63) is 105 Å². The second-order valence-corrected chi connectivity index (χ2v) is 16.9. The van der Waals surface area contributed by atoms with Crippen LogP contribution in [-0.2, 0) is 30.9 Å². The summed E-state index contributed by atoms with van der Waals surface area (Å²) < 4.78 is 39.0. The number of hydrogen-bond acceptors (Lipinski definition) is 11. The summed E-state index contributed by atoms with van der Waals surface area (Å²) >= 11 is 12.4. The Morgan fingerprint density at radius 1 is 0.964 bits per heavy atom. The van der Waals surface area contributed by atoms with Crippen LogP contribution >= 0.6 is 31.0 Å². The lowest BCUT2D eigenvalue weighted by atomic mass is 9.89. The maximum atomic E-state index is 13.1. The van der Waals surface area contributed by atoms with E-state index in [1.54, 1.807) is 37.6 Å². The average Bonchev–Trinajstić information content (AvgIpc) is 3.39. The molecule has 0 saturated carbocycles. The van der Waals surface area contributed by atoms with Crippen LogP contribution in [0.25, 0.3) is 11.5 Å². The van der Waals surface area contributed by atoms with E-state index in [0.29, 0.717) is 28.9 Å². The van der Waals surface area contributed by atoms with Crippen molar-refractivity contribution in [1.29, 1.82) is 0 Å². The van der Waals surface area contributed by atoms with Gasteiger partial charge in [-0.05, 0) is 73.0 Å². The summed E-state index contributed by atoms with van der Waals surface area (Å²) in [4.78, 5) is 36.5. The summed E-state index contributed by atoms with van der Waals surface area (Å²) in [6.07, 6.45) is 2.07. The first-order valence-electron chi connectivity index (χ1n) is 18.0. The third-order valence-corrected chi connectivity index (χ3v) is 10.8. The monoisotopic (exact) mass is 828 g/mol. The van der Waals surface area contributed by atoms with Crippen molar-refractivity contribution >= 4 is 42.4 Å². The lowest BCUT2D eigenvalue weighted by Crippen LogP contribution is -2.46. The van der Waals surface area contributed by atoms with Crippen LogP contribution < -0.4 is 20.2 Å². The van der Waals surface area contributed by atoms with Crippen LogP contribution in [0.2, 0.25) is 10.0 Å². The van der Waals surface area contributed by atoms with Crippen LogP contribution in [0.15, 0.2) is 84.0 Å². The van der Waals surface area contributed by atoms with Crippen LogP contribution in [0.3, 0.4) is 0 Å². The van der Waals surface area contributed by atoms with Gasteiger partial charge in [-0.15, -0.1) is 5.10 Å². The zero-order chi connectivity index (χ0) is 39.8. The molecule has 56 heavy (non-hydrogen) atoms. The lowest BCUT2D eigenvalue weighted by molar-refractivity contribution is -0.164. The van der Waals surface area contributed by atoms with E-state index in [1.807, 2.05) is 55.6 Å². The Bertz CT molecular complexity index is 2220. The third-order valence-electron chi connectivity index (χ3n) is 9.72. The molecule has 5 heterocycles. The minimum atomic E-state index is -4.76. The first kappa shape index (κ1) is 40.0. The number of piperazine rings is 1.